The summed E-state index contributed by atoms with van der Waals surface area (Å²) in [5, 5.41) is 18.7. The molecule has 3 aromatic carbocycles. The van der Waals surface area contributed by atoms with Crippen molar-refractivity contribution in [3.05, 3.63) is 88.9 Å². The van der Waals surface area contributed by atoms with Gasteiger partial charge in [-0.15, -0.1) is 0 Å². The SMILES string of the molecule is CNCc1cnc2c(N(C(=O)OC(C)(C)C)c3cccc(-c4cccc(Nc5cc(OC)c(CNC6CCOCC6)c(OC)c5)c4C=N)c3C)nc(C(F)F)nc2c1. The van der Waals surface area contributed by atoms with Gasteiger partial charge in [-0.1, -0.05) is 24.3 Å². The van der Waals surface area contributed by atoms with Crippen molar-refractivity contribution in [3.63, 3.8) is 0 Å². The van der Waals surface area contributed by atoms with E-state index < -0.39 is 23.9 Å². The van der Waals surface area contributed by atoms with Crippen LogP contribution in [0, 0.1) is 12.3 Å². The molecule has 4 N–H and O–H groups in total. The molecule has 13 nitrogen and oxygen atoms in total. The number of alkyl halides is 2. The lowest BCUT2D eigenvalue weighted by Crippen LogP contribution is -2.35. The van der Waals surface area contributed by atoms with Gasteiger partial charge in [-0.25, -0.2) is 28.4 Å². The Bertz CT molecular complexity index is 2250. The zero-order valence-electron chi connectivity index (χ0n) is 33.8. The highest BCUT2D eigenvalue weighted by Gasteiger charge is 2.32. The Morgan fingerprint density at radius 3 is 2.34 bits per heavy atom. The highest BCUT2D eigenvalue weighted by Crippen LogP contribution is 2.41. The molecule has 2 aromatic heterocycles. The monoisotopic (exact) mass is 796 g/mol. The zero-order chi connectivity index (χ0) is 41.6. The van der Waals surface area contributed by atoms with Gasteiger partial charge in [0.25, 0.3) is 6.43 Å². The van der Waals surface area contributed by atoms with E-state index in [0.29, 0.717) is 75.5 Å². The number of amides is 1. The molecule has 3 heterocycles. The third-order valence-corrected chi connectivity index (χ3v) is 9.72. The number of carbonyl (C=O) groups excluding carboxylic acids is 1. The number of fused-ring (bicyclic) bond motifs is 1. The second-order valence-electron chi connectivity index (χ2n) is 14.9. The van der Waals surface area contributed by atoms with Crippen LogP contribution in [0.2, 0.25) is 0 Å². The molecule has 1 amide bonds. The summed E-state index contributed by atoms with van der Waals surface area (Å²) in [6.45, 7) is 9.40. The van der Waals surface area contributed by atoms with Crippen LogP contribution < -0.4 is 30.3 Å². The second kappa shape index (κ2) is 18.2. The highest BCUT2D eigenvalue weighted by molar-refractivity contribution is 6.04. The molecule has 1 saturated heterocycles. The number of nitrogens with one attached hydrogen (secondary N) is 4. The Hall–Kier alpha value is -5.77. The van der Waals surface area contributed by atoms with Crippen LogP contribution >= 0.6 is 0 Å². The van der Waals surface area contributed by atoms with Crippen molar-refractivity contribution in [2.75, 3.05) is 44.7 Å². The lowest BCUT2D eigenvalue weighted by Gasteiger charge is -2.29. The van der Waals surface area contributed by atoms with Gasteiger partial charge in [-0.2, -0.15) is 0 Å². The number of nitrogens with zero attached hydrogens (tertiary/aromatic N) is 4. The molecular formula is C43H50F2N8O5. The zero-order valence-corrected chi connectivity index (χ0v) is 33.8. The van der Waals surface area contributed by atoms with E-state index in [9.17, 15) is 13.6 Å². The van der Waals surface area contributed by atoms with E-state index in [1.54, 1.807) is 66.4 Å². The summed E-state index contributed by atoms with van der Waals surface area (Å²) in [7, 11) is 4.99. The first-order chi connectivity index (χ1) is 27.8. The number of methoxy groups -OCH3 is 2. The van der Waals surface area contributed by atoms with E-state index in [4.69, 9.17) is 24.4 Å². The van der Waals surface area contributed by atoms with Crippen LogP contribution in [0.4, 0.5) is 36.5 Å². The summed E-state index contributed by atoms with van der Waals surface area (Å²) in [5.41, 5.74) is 5.08. The van der Waals surface area contributed by atoms with Gasteiger partial charge in [-0.05, 0) is 88.0 Å². The molecule has 0 saturated carbocycles. The normalized spacial score (nSPS) is 13.4. The van der Waals surface area contributed by atoms with Crippen molar-refractivity contribution < 1.29 is 32.5 Å². The summed E-state index contributed by atoms with van der Waals surface area (Å²) < 4.78 is 51.8. The maximum absolute atomic E-state index is 14.4. The summed E-state index contributed by atoms with van der Waals surface area (Å²) in [5.74, 6) is 0.372. The quantitative estimate of drug-likeness (QED) is 0.0797. The molecule has 0 spiro atoms. The minimum atomic E-state index is -3.03. The largest absolute Gasteiger partial charge is 0.496 e. The van der Waals surface area contributed by atoms with Crippen molar-refractivity contribution in [1.82, 2.24) is 25.6 Å². The number of pyridine rings is 1. The fourth-order valence-electron chi connectivity index (χ4n) is 6.98. The molecule has 0 atom stereocenters. The number of halogens is 2. The third kappa shape index (κ3) is 9.33. The molecule has 0 aliphatic carbocycles. The van der Waals surface area contributed by atoms with Gasteiger partial charge in [0.2, 0.25) is 0 Å². The fraction of sp³-hybridized carbons (Fsp3) is 0.372. The van der Waals surface area contributed by atoms with Crippen molar-refractivity contribution in [3.8, 4) is 22.6 Å². The van der Waals surface area contributed by atoms with Gasteiger partial charge in [-0.3, -0.25) is 4.98 Å². The molecule has 58 heavy (non-hydrogen) atoms. The van der Waals surface area contributed by atoms with E-state index >= 15 is 0 Å². The minimum Gasteiger partial charge on any atom is -0.496 e. The first kappa shape index (κ1) is 41.9. The molecule has 15 heteroatoms. The first-order valence-electron chi connectivity index (χ1n) is 19.0. The van der Waals surface area contributed by atoms with Gasteiger partial charge in [0, 0.05) is 73.8 Å². The Morgan fingerprint density at radius 1 is 1.02 bits per heavy atom. The maximum atomic E-state index is 14.4. The summed E-state index contributed by atoms with van der Waals surface area (Å²) in [6, 6.07) is 16.7. The lowest BCUT2D eigenvalue weighted by molar-refractivity contribution is 0.0597. The van der Waals surface area contributed by atoms with Crippen molar-refractivity contribution in [2.24, 2.45) is 0 Å². The van der Waals surface area contributed by atoms with Crippen molar-refractivity contribution in [1.29, 1.82) is 5.41 Å². The average Bonchev–Trinajstić information content (AvgIpc) is 3.20. The molecule has 0 radical (unpaired) electrons. The van der Waals surface area contributed by atoms with Gasteiger partial charge >= 0.3 is 6.09 Å². The van der Waals surface area contributed by atoms with Crippen LogP contribution in [-0.4, -0.2) is 73.4 Å². The molecule has 0 unspecified atom stereocenters. The van der Waals surface area contributed by atoms with E-state index in [1.165, 1.54) is 11.1 Å². The number of anilines is 4. The maximum Gasteiger partial charge on any atom is 0.420 e. The van der Waals surface area contributed by atoms with Crippen LogP contribution in [0.5, 0.6) is 11.5 Å². The van der Waals surface area contributed by atoms with Gasteiger partial charge in [0.15, 0.2) is 11.6 Å². The Kier molecular flexibility index (Phi) is 13.1. The van der Waals surface area contributed by atoms with Gasteiger partial charge < -0.3 is 40.3 Å². The molecule has 0 bridgehead atoms. The number of carbonyl (C=O) groups is 1. The number of ether oxygens (including phenoxy) is 4. The predicted octanol–water partition coefficient (Wildman–Crippen LogP) is 8.76. The highest BCUT2D eigenvalue weighted by atomic mass is 19.3. The van der Waals surface area contributed by atoms with E-state index in [1.807, 2.05) is 43.3 Å². The van der Waals surface area contributed by atoms with Crippen LogP contribution in [0.25, 0.3) is 22.2 Å². The molecule has 1 fully saturated rings. The predicted molar refractivity (Wildman–Crippen MR) is 221 cm³/mol. The van der Waals surface area contributed by atoms with E-state index in [-0.39, 0.29) is 16.9 Å². The molecule has 5 aromatic rings. The van der Waals surface area contributed by atoms with Crippen molar-refractivity contribution in [2.45, 2.75) is 71.7 Å². The number of aromatic nitrogens is 3. The van der Waals surface area contributed by atoms with Crippen LogP contribution in [0.1, 0.15) is 68.1 Å². The first-order valence-corrected chi connectivity index (χ1v) is 19.0. The molecule has 6 rings (SSSR count). The number of benzene rings is 3. The molecule has 1 aliphatic rings. The number of rotatable bonds is 14. The van der Waals surface area contributed by atoms with E-state index in [2.05, 4.69) is 30.9 Å². The Labute approximate surface area is 337 Å². The smallest absolute Gasteiger partial charge is 0.420 e. The van der Waals surface area contributed by atoms with Crippen LogP contribution in [0.15, 0.2) is 60.8 Å². The van der Waals surface area contributed by atoms with Crippen molar-refractivity contribution >= 4 is 46.2 Å². The van der Waals surface area contributed by atoms with E-state index in [0.717, 1.165) is 31.6 Å². The van der Waals surface area contributed by atoms with Crippen LogP contribution in [0.3, 0.4) is 0 Å². The minimum absolute atomic E-state index is 0.141. The molecular weight excluding hydrogens is 747 g/mol. The average molecular weight is 797 g/mol. The molecule has 1 aliphatic heterocycles. The number of hydrogen-bond donors (Lipinski definition) is 4. The summed E-state index contributed by atoms with van der Waals surface area (Å²) in [4.78, 5) is 28.3. The van der Waals surface area contributed by atoms with Crippen LogP contribution in [-0.2, 0) is 22.6 Å². The number of hydrogen-bond acceptors (Lipinski definition) is 12. The standard InChI is InChI=1S/C43H50F2N8O5/c1-25-29(30-11-8-12-33(31(30)21-46)50-28-19-36(55-6)32(37(20-28)56-7)24-48-27-14-16-57-17-15-27)10-9-13-35(25)53(42(54)58-43(2,3)4)41-38-34(51-40(52-41)39(44)45)18-26(22-47-5)23-49-38/h8-13,18-21,23,27,39,46-48,50H,14-17,22,24H2,1-7H3. The van der Waals surface area contributed by atoms with Gasteiger partial charge in [0.1, 0.15) is 22.6 Å². The Balaban J connectivity index is 1.43. The Morgan fingerprint density at radius 2 is 1.71 bits per heavy atom. The topological polar surface area (TPSA) is 156 Å². The lowest BCUT2D eigenvalue weighted by atomic mass is 9.94. The summed E-state index contributed by atoms with van der Waals surface area (Å²) >= 11 is 0. The fourth-order valence-corrected chi connectivity index (χ4v) is 6.98. The molecule has 306 valence electrons. The summed E-state index contributed by atoms with van der Waals surface area (Å²) in [6.07, 6.45) is 0.838. The van der Waals surface area contributed by atoms with Gasteiger partial charge in [0.05, 0.1) is 31.0 Å². The second-order valence-corrected chi connectivity index (χ2v) is 14.9. The third-order valence-electron chi connectivity index (χ3n) is 9.72.